The van der Waals surface area contributed by atoms with Crippen molar-refractivity contribution < 1.29 is 0 Å². The first kappa shape index (κ1) is 26.2. The van der Waals surface area contributed by atoms with Gasteiger partial charge in [-0.1, -0.05) is 12.8 Å². The fourth-order valence-corrected chi connectivity index (χ4v) is 7.07. The average Bonchev–Trinajstić information content (AvgIpc) is 3.74. The summed E-state index contributed by atoms with van der Waals surface area (Å²) in [4.78, 5) is 25.2. The first-order valence-corrected chi connectivity index (χ1v) is 15.4. The summed E-state index contributed by atoms with van der Waals surface area (Å²) in [7, 11) is 0. The van der Waals surface area contributed by atoms with Crippen LogP contribution in [-0.4, -0.2) is 38.9 Å². The highest BCUT2D eigenvalue weighted by molar-refractivity contribution is 7.15. The van der Waals surface area contributed by atoms with Crippen LogP contribution >= 0.6 is 11.3 Å². The Bertz CT molecular complexity index is 1730. The molecule has 7 rings (SSSR count). The Morgan fingerprint density at radius 2 is 1.85 bits per heavy atom. The van der Waals surface area contributed by atoms with E-state index in [1.807, 2.05) is 31.0 Å². The molecule has 0 bridgehead atoms. The normalized spacial score (nSPS) is 17.5. The van der Waals surface area contributed by atoms with Gasteiger partial charge >= 0.3 is 0 Å². The highest BCUT2D eigenvalue weighted by Crippen LogP contribution is 2.35. The lowest BCUT2D eigenvalue weighted by atomic mass is 9.96. The summed E-state index contributed by atoms with van der Waals surface area (Å²) >= 11 is 1.79. The number of fused-ring (bicyclic) bond motifs is 2. The molecule has 208 valence electrons. The van der Waals surface area contributed by atoms with Crippen molar-refractivity contribution in [2.24, 2.45) is 10.9 Å². The van der Waals surface area contributed by atoms with E-state index < -0.39 is 0 Å². The lowest BCUT2D eigenvalue weighted by Crippen LogP contribution is -2.20. The van der Waals surface area contributed by atoms with Gasteiger partial charge in [-0.25, -0.2) is 0 Å². The zero-order valence-electron chi connectivity index (χ0n) is 23.6. The molecule has 0 unspecified atom stereocenters. The number of thiophene rings is 1. The molecule has 1 saturated carbocycles. The van der Waals surface area contributed by atoms with E-state index in [1.54, 1.807) is 11.3 Å². The van der Waals surface area contributed by atoms with Crippen LogP contribution in [-0.2, 0) is 6.54 Å². The van der Waals surface area contributed by atoms with Crippen LogP contribution in [0, 0.1) is 12.8 Å². The molecule has 41 heavy (non-hydrogen) atoms. The van der Waals surface area contributed by atoms with Crippen LogP contribution in [0.25, 0.3) is 32.6 Å². The number of nitrogens with one attached hydrogen (secondary N) is 3. The van der Waals surface area contributed by atoms with Crippen molar-refractivity contribution in [2.45, 2.75) is 52.1 Å². The minimum atomic E-state index is 0.132. The van der Waals surface area contributed by atoms with Gasteiger partial charge in [-0.3, -0.25) is 25.3 Å². The molecule has 5 aromatic heterocycles. The lowest BCUT2D eigenvalue weighted by Gasteiger charge is -2.15. The molecule has 1 fully saturated rings. The Labute approximate surface area is 244 Å². The molecule has 0 radical (unpaired) electrons. The number of H-pyrrole nitrogens is 1. The summed E-state index contributed by atoms with van der Waals surface area (Å²) in [6.07, 6.45) is 15.2. The number of hydrogen-bond acceptors (Lipinski definition) is 7. The Kier molecular flexibility index (Phi) is 7.21. The lowest BCUT2D eigenvalue weighted by molar-refractivity contribution is 0.489. The maximum atomic E-state index is 5.02. The number of aromatic amines is 1. The second-order valence-electron chi connectivity index (χ2n) is 11.4. The minimum absolute atomic E-state index is 0.132. The van der Waals surface area contributed by atoms with Gasteiger partial charge in [-0.15, -0.1) is 11.3 Å². The Balaban J connectivity index is 1.22. The van der Waals surface area contributed by atoms with Crippen molar-refractivity contribution in [1.29, 1.82) is 0 Å². The fourth-order valence-electron chi connectivity index (χ4n) is 6.17. The van der Waals surface area contributed by atoms with Crippen LogP contribution in [0.15, 0.2) is 66.3 Å². The molecule has 0 amide bonds. The van der Waals surface area contributed by atoms with Gasteiger partial charge in [0.15, 0.2) is 0 Å². The molecule has 8 heteroatoms. The summed E-state index contributed by atoms with van der Waals surface area (Å²) in [5.41, 5.74) is 9.41. The molecule has 3 N–H and O–H groups in total. The third-order valence-corrected chi connectivity index (χ3v) is 9.46. The third kappa shape index (κ3) is 5.35. The van der Waals surface area contributed by atoms with Gasteiger partial charge in [0.05, 0.1) is 35.5 Å². The molecule has 7 nitrogen and oxygen atoms in total. The molecule has 0 aromatic carbocycles. The highest BCUT2D eigenvalue weighted by Gasteiger charge is 2.23. The Morgan fingerprint density at radius 3 is 2.71 bits per heavy atom. The first-order chi connectivity index (χ1) is 20.1. The van der Waals surface area contributed by atoms with Crippen LogP contribution in [0.2, 0.25) is 0 Å². The third-order valence-electron chi connectivity index (χ3n) is 8.43. The number of hydrogen-bond donors (Lipinski definition) is 3. The molecule has 1 atom stereocenters. The van der Waals surface area contributed by atoms with Crippen molar-refractivity contribution >= 4 is 28.0 Å². The van der Waals surface area contributed by atoms with E-state index in [-0.39, 0.29) is 6.04 Å². The molecule has 2 aliphatic rings. The van der Waals surface area contributed by atoms with Gasteiger partial charge in [0, 0.05) is 69.2 Å². The van der Waals surface area contributed by atoms with Crippen molar-refractivity contribution in [2.75, 3.05) is 13.2 Å². The largest absolute Gasteiger partial charge is 0.352 e. The molecule has 1 aliphatic carbocycles. The van der Waals surface area contributed by atoms with E-state index in [9.17, 15) is 0 Å². The maximum Gasteiger partial charge on any atom is 0.0902 e. The summed E-state index contributed by atoms with van der Waals surface area (Å²) in [6.45, 7) is 6.75. The van der Waals surface area contributed by atoms with Crippen LogP contribution < -0.4 is 10.6 Å². The number of aromatic nitrogens is 4. The van der Waals surface area contributed by atoms with Crippen LogP contribution in [0.1, 0.15) is 65.9 Å². The zero-order chi connectivity index (χ0) is 27.8. The SMILES string of the molecule is Cc1ccc(-c2cncc3[nH]c(C4=NCN[C@H](C)c5cnc(-c6cncc(CNCC7CCCC7)c6)cc54)cc23)s1. The predicted molar refractivity (Wildman–Crippen MR) is 167 cm³/mol. The zero-order valence-corrected chi connectivity index (χ0v) is 24.4. The van der Waals surface area contributed by atoms with Crippen LogP contribution in [0.5, 0.6) is 0 Å². The topological polar surface area (TPSA) is 90.9 Å². The van der Waals surface area contributed by atoms with Crippen LogP contribution in [0.4, 0.5) is 0 Å². The summed E-state index contributed by atoms with van der Waals surface area (Å²) < 4.78 is 0. The molecular weight excluding hydrogens is 526 g/mol. The van der Waals surface area contributed by atoms with E-state index in [4.69, 9.17) is 9.98 Å². The smallest absolute Gasteiger partial charge is 0.0902 e. The van der Waals surface area contributed by atoms with Crippen molar-refractivity contribution in [1.82, 2.24) is 30.6 Å². The van der Waals surface area contributed by atoms with Gasteiger partial charge in [-0.2, -0.15) is 0 Å². The van der Waals surface area contributed by atoms with Gasteiger partial charge < -0.3 is 10.3 Å². The summed E-state index contributed by atoms with van der Waals surface area (Å²) in [5.74, 6) is 0.816. The number of nitrogens with zero attached hydrogens (tertiary/aromatic N) is 4. The quantitative estimate of drug-likeness (QED) is 0.203. The second-order valence-corrected chi connectivity index (χ2v) is 12.6. The van der Waals surface area contributed by atoms with Gasteiger partial charge in [0.1, 0.15) is 0 Å². The van der Waals surface area contributed by atoms with Crippen molar-refractivity contribution in [3.63, 3.8) is 0 Å². The number of rotatable bonds is 7. The monoisotopic (exact) mass is 561 g/mol. The molecule has 0 spiro atoms. The highest BCUT2D eigenvalue weighted by atomic mass is 32.1. The van der Waals surface area contributed by atoms with E-state index in [1.165, 1.54) is 41.0 Å². The number of aryl methyl sites for hydroxylation is 1. The first-order valence-electron chi connectivity index (χ1n) is 14.6. The van der Waals surface area contributed by atoms with Crippen molar-refractivity contribution in [3.05, 3.63) is 88.6 Å². The Hall–Kier alpha value is -3.72. The van der Waals surface area contributed by atoms with E-state index in [2.05, 4.69) is 69.8 Å². The molecule has 6 heterocycles. The van der Waals surface area contributed by atoms with Crippen LogP contribution in [0.3, 0.4) is 0 Å². The maximum absolute atomic E-state index is 5.02. The second kappa shape index (κ2) is 11.3. The molecule has 0 saturated heterocycles. The predicted octanol–water partition coefficient (Wildman–Crippen LogP) is 6.80. The standard InChI is InChI=1S/C33H35N7S/c1-20-7-8-32(41-20)28-16-36-18-31-25(28)10-30(40-31)33-26-11-29(37-17-27(26)21(2)38-19-39-33)24-9-23(14-35-15-24)13-34-12-22-5-3-4-6-22/h7-11,14-18,21-22,34,38,40H,3-6,12-13,19H2,1-2H3/t21-/m1/s1. The van der Waals surface area contributed by atoms with E-state index in [0.29, 0.717) is 6.67 Å². The minimum Gasteiger partial charge on any atom is -0.352 e. The van der Waals surface area contributed by atoms with Gasteiger partial charge in [0.2, 0.25) is 0 Å². The summed E-state index contributed by atoms with van der Waals surface area (Å²) in [6, 6.07) is 11.1. The summed E-state index contributed by atoms with van der Waals surface area (Å²) in [5, 5.41) is 8.32. The average molecular weight is 562 g/mol. The fraction of sp³-hybridized carbons (Fsp3) is 0.333. The Morgan fingerprint density at radius 1 is 0.976 bits per heavy atom. The van der Waals surface area contributed by atoms with E-state index >= 15 is 0 Å². The molecule has 1 aliphatic heterocycles. The molecular formula is C33H35N7S. The molecule has 5 aromatic rings. The van der Waals surface area contributed by atoms with Gasteiger partial charge in [0.25, 0.3) is 0 Å². The van der Waals surface area contributed by atoms with E-state index in [0.717, 1.165) is 69.3 Å². The van der Waals surface area contributed by atoms with Crippen molar-refractivity contribution in [3.8, 4) is 21.7 Å². The number of aliphatic imine (C=N–C) groups is 1. The van der Waals surface area contributed by atoms with Gasteiger partial charge in [-0.05, 0) is 80.6 Å². The number of pyridine rings is 3.